The second-order valence-corrected chi connectivity index (χ2v) is 8.57. The van der Waals surface area contributed by atoms with E-state index in [1.807, 2.05) is 17.2 Å². The molecule has 0 spiro atoms. The Morgan fingerprint density at radius 1 is 1.24 bits per heavy atom. The number of carbonyl (C=O) groups excluding carboxylic acids is 2. The topological polar surface area (TPSA) is 53.5 Å². The van der Waals surface area contributed by atoms with Crippen molar-refractivity contribution in [3.05, 3.63) is 30.1 Å². The fourth-order valence-electron chi connectivity index (χ4n) is 4.45. The maximum Gasteiger partial charge on any atom is 0.229 e. The first kappa shape index (κ1) is 17.9. The molecule has 1 aliphatic heterocycles. The average Bonchev–Trinajstić information content (AvgIpc) is 2.77. The molecule has 0 unspecified atom stereocenters. The minimum absolute atomic E-state index is 0.0909. The predicted octanol–water partition coefficient (Wildman–Crippen LogP) is 2.54. The van der Waals surface area contributed by atoms with E-state index < -0.39 is 5.41 Å². The van der Waals surface area contributed by atoms with Crippen molar-refractivity contribution in [3.8, 4) is 0 Å². The Labute approximate surface area is 150 Å². The minimum atomic E-state index is -0.483. The van der Waals surface area contributed by atoms with Crippen LogP contribution < -0.4 is 0 Å². The van der Waals surface area contributed by atoms with Crippen molar-refractivity contribution in [2.24, 2.45) is 16.7 Å². The third-order valence-electron chi connectivity index (χ3n) is 6.76. The molecule has 2 amide bonds. The van der Waals surface area contributed by atoms with Gasteiger partial charge in [0, 0.05) is 51.4 Å². The van der Waals surface area contributed by atoms with Crippen LogP contribution in [0.25, 0.3) is 0 Å². The summed E-state index contributed by atoms with van der Waals surface area (Å²) in [5, 5.41) is 0. The number of likely N-dealkylation sites (tertiary alicyclic amines) is 1. The van der Waals surface area contributed by atoms with Gasteiger partial charge < -0.3 is 9.80 Å². The lowest BCUT2D eigenvalue weighted by atomic mass is 9.64. The zero-order chi connectivity index (χ0) is 18.4. The number of amides is 2. The molecular weight excluding hydrogens is 314 g/mol. The standard InChI is InChI=1S/C20H29N3O2/c1-19(2)16(17(24)22(4)5)8-9-20(19,3)18(25)23-12-15(13-23)14-7-6-10-21-11-14/h6-7,10-11,15-16H,8-9,12-13H2,1-5H3/t16-,20+/m0/s1. The zero-order valence-electron chi connectivity index (χ0n) is 16.0. The molecule has 5 heteroatoms. The lowest BCUT2D eigenvalue weighted by Gasteiger charge is -2.48. The van der Waals surface area contributed by atoms with Gasteiger partial charge in [0.15, 0.2) is 0 Å². The first-order valence-corrected chi connectivity index (χ1v) is 9.09. The molecule has 0 N–H and O–H groups in total. The fraction of sp³-hybridized carbons (Fsp3) is 0.650. The van der Waals surface area contributed by atoms with E-state index in [-0.39, 0.29) is 23.1 Å². The second kappa shape index (κ2) is 6.11. The van der Waals surface area contributed by atoms with Crippen LogP contribution in [-0.4, -0.2) is 53.8 Å². The van der Waals surface area contributed by atoms with Crippen molar-refractivity contribution >= 4 is 11.8 Å². The van der Waals surface area contributed by atoms with Gasteiger partial charge >= 0.3 is 0 Å². The van der Waals surface area contributed by atoms with Crippen molar-refractivity contribution in [2.75, 3.05) is 27.2 Å². The van der Waals surface area contributed by atoms with E-state index in [1.54, 1.807) is 25.2 Å². The fourth-order valence-corrected chi connectivity index (χ4v) is 4.45. The molecule has 5 nitrogen and oxygen atoms in total. The van der Waals surface area contributed by atoms with Crippen LogP contribution in [0.3, 0.4) is 0 Å². The van der Waals surface area contributed by atoms with Crippen molar-refractivity contribution in [3.63, 3.8) is 0 Å². The Bertz CT molecular complexity index is 665. The summed E-state index contributed by atoms with van der Waals surface area (Å²) in [6.07, 6.45) is 5.22. The van der Waals surface area contributed by atoms with E-state index in [0.29, 0.717) is 5.92 Å². The van der Waals surface area contributed by atoms with Gasteiger partial charge in [-0.05, 0) is 29.9 Å². The molecule has 25 heavy (non-hydrogen) atoms. The van der Waals surface area contributed by atoms with Crippen LogP contribution in [0.2, 0.25) is 0 Å². The summed E-state index contributed by atoms with van der Waals surface area (Å²) < 4.78 is 0. The molecule has 2 aliphatic rings. The number of aromatic nitrogens is 1. The van der Waals surface area contributed by atoms with Gasteiger partial charge in [-0.15, -0.1) is 0 Å². The van der Waals surface area contributed by atoms with Gasteiger partial charge in [0.05, 0.1) is 5.41 Å². The third-order valence-corrected chi connectivity index (χ3v) is 6.76. The Kier molecular flexibility index (Phi) is 4.38. The van der Waals surface area contributed by atoms with Gasteiger partial charge in [-0.2, -0.15) is 0 Å². The second-order valence-electron chi connectivity index (χ2n) is 8.57. The summed E-state index contributed by atoms with van der Waals surface area (Å²) in [7, 11) is 3.59. The van der Waals surface area contributed by atoms with E-state index in [4.69, 9.17) is 0 Å². The number of carbonyl (C=O) groups is 2. The first-order chi connectivity index (χ1) is 11.7. The van der Waals surface area contributed by atoms with E-state index >= 15 is 0 Å². The molecule has 1 saturated heterocycles. The highest BCUT2D eigenvalue weighted by Gasteiger charge is 2.59. The third kappa shape index (κ3) is 2.74. The molecule has 1 aliphatic carbocycles. The summed E-state index contributed by atoms with van der Waals surface area (Å²) in [5.41, 5.74) is 0.372. The van der Waals surface area contributed by atoms with Crippen LogP contribution in [0.15, 0.2) is 24.5 Å². The number of nitrogens with zero attached hydrogens (tertiary/aromatic N) is 3. The van der Waals surface area contributed by atoms with Crippen molar-refractivity contribution in [1.82, 2.24) is 14.8 Å². The van der Waals surface area contributed by atoms with Gasteiger partial charge in [0.25, 0.3) is 0 Å². The van der Waals surface area contributed by atoms with Crippen LogP contribution in [-0.2, 0) is 9.59 Å². The van der Waals surface area contributed by atoms with E-state index in [0.717, 1.165) is 25.9 Å². The normalized spacial score (nSPS) is 28.5. The largest absolute Gasteiger partial charge is 0.349 e. The summed E-state index contributed by atoms with van der Waals surface area (Å²) in [6, 6.07) is 4.02. The molecule has 2 fully saturated rings. The van der Waals surface area contributed by atoms with Crippen LogP contribution >= 0.6 is 0 Å². The lowest BCUT2D eigenvalue weighted by molar-refractivity contribution is -0.154. The molecule has 2 atom stereocenters. The van der Waals surface area contributed by atoms with Crippen LogP contribution in [0.5, 0.6) is 0 Å². The molecule has 3 rings (SSSR count). The quantitative estimate of drug-likeness (QED) is 0.847. The highest BCUT2D eigenvalue weighted by Crippen LogP contribution is 2.57. The Morgan fingerprint density at radius 3 is 2.48 bits per heavy atom. The van der Waals surface area contributed by atoms with Crippen molar-refractivity contribution < 1.29 is 9.59 Å². The Morgan fingerprint density at radius 2 is 1.92 bits per heavy atom. The maximum atomic E-state index is 13.3. The Hall–Kier alpha value is -1.91. The number of hydrogen-bond acceptors (Lipinski definition) is 3. The van der Waals surface area contributed by atoms with Crippen LogP contribution in [0, 0.1) is 16.7 Å². The maximum absolute atomic E-state index is 13.3. The molecule has 1 aromatic heterocycles. The number of hydrogen-bond donors (Lipinski definition) is 0. The summed E-state index contributed by atoms with van der Waals surface area (Å²) >= 11 is 0. The minimum Gasteiger partial charge on any atom is -0.349 e. The zero-order valence-corrected chi connectivity index (χ0v) is 16.0. The Balaban J connectivity index is 1.71. The van der Waals surface area contributed by atoms with E-state index in [1.165, 1.54) is 5.56 Å². The lowest BCUT2D eigenvalue weighted by Crippen LogP contribution is -2.57. The molecule has 2 heterocycles. The number of rotatable bonds is 3. The summed E-state index contributed by atoms with van der Waals surface area (Å²) in [5.74, 6) is 0.627. The first-order valence-electron chi connectivity index (χ1n) is 9.09. The van der Waals surface area contributed by atoms with Crippen LogP contribution in [0.4, 0.5) is 0 Å². The van der Waals surface area contributed by atoms with Gasteiger partial charge in [-0.3, -0.25) is 14.6 Å². The van der Waals surface area contributed by atoms with E-state index in [2.05, 4.69) is 31.8 Å². The average molecular weight is 343 g/mol. The summed E-state index contributed by atoms with van der Waals surface area (Å²) in [4.78, 5) is 33.6. The SMILES string of the molecule is CN(C)C(=O)[C@@H]1CC[C@](C)(C(=O)N2CC(c3cccnc3)C2)C1(C)C. The molecule has 1 saturated carbocycles. The molecule has 1 aromatic rings. The van der Waals surface area contributed by atoms with Gasteiger partial charge in [-0.1, -0.05) is 26.8 Å². The molecule has 0 radical (unpaired) electrons. The van der Waals surface area contributed by atoms with Crippen molar-refractivity contribution in [2.45, 2.75) is 39.5 Å². The summed E-state index contributed by atoms with van der Waals surface area (Å²) in [6.45, 7) is 7.73. The van der Waals surface area contributed by atoms with Gasteiger partial charge in [0.2, 0.25) is 11.8 Å². The van der Waals surface area contributed by atoms with Gasteiger partial charge in [-0.25, -0.2) is 0 Å². The highest BCUT2D eigenvalue weighted by atomic mass is 16.2. The predicted molar refractivity (Wildman–Crippen MR) is 96.9 cm³/mol. The number of pyridine rings is 1. The van der Waals surface area contributed by atoms with E-state index in [9.17, 15) is 9.59 Å². The molecule has 136 valence electrons. The van der Waals surface area contributed by atoms with Gasteiger partial charge in [0.1, 0.15) is 0 Å². The molecule has 0 aromatic carbocycles. The molecular formula is C20H29N3O2. The van der Waals surface area contributed by atoms with Crippen LogP contribution in [0.1, 0.15) is 45.1 Å². The molecule has 0 bridgehead atoms. The highest BCUT2D eigenvalue weighted by molar-refractivity contribution is 5.88. The van der Waals surface area contributed by atoms with Crippen molar-refractivity contribution in [1.29, 1.82) is 0 Å². The monoisotopic (exact) mass is 343 g/mol. The smallest absolute Gasteiger partial charge is 0.229 e.